The number of benzene rings is 1. The number of urea groups is 1. The van der Waals surface area contributed by atoms with Crippen molar-refractivity contribution in [2.45, 2.75) is 37.1 Å². The average molecular weight is 461 g/mol. The van der Waals surface area contributed by atoms with Crippen LogP contribution in [0.3, 0.4) is 0 Å². The summed E-state index contributed by atoms with van der Waals surface area (Å²) in [5.74, 6) is -0.560. The van der Waals surface area contributed by atoms with Gasteiger partial charge in [-0.2, -0.15) is 5.10 Å². The van der Waals surface area contributed by atoms with Crippen molar-refractivity contribution in [2.24, 2.45) is 18.9 Å². The summed E-state index contributed by atoms with van der Waals surface area (Å²) in [7, 11) is 1.67. The maximum absolute atomic E-state index is 13.4. The third kappa shape index (κ3) is 3.21. The van der Waals surface area contributed by atoms with Crippen molar-refractivity contribution in [3.8, 4) is 0 Å². The molecule has 4 amide bonds. The summed E-state index contributed by atoms with van der Waals surface area (Å²) in [6.45, 7) is 0. The molecule has 1 aliphatic heterocycles. The van der Waals surface area contributed by atoms with Gasteiger partial charge in [-0.1, -0.05) is 11.6 Å². The molecule has 2 atom stereocenters. The van der Waals surface area contributed by atoms with Crippen molar-refractivity contribution in [1.29, 1.82) is 0 Å². The number of nitrogens with zero attached hydrogens (tertiary/aromatic N) is 2. The summed E-state index contributed by atoms with van der Waals surface area (Å²) in [5, 5.41) is 12.3. The zero-order valence-electron chi connectivity index (χ0n) is 17.2. The molecule has 32 heavy (non-hydrogen) atoms. The molecule has 1 saturated heterocycles. The molecule has 1 aromatic heterocycles. The van der Waals surface area contributed by atoms with Crippen LogP contribution in [0.2, 0.25) is 5.02 Å². The van der Waals surface area contributed by atoms with E-state index in [4.69, 9.17) is 17.3 Å². The van der Waals surface area contributed by atoms with Crippen LogP contribution in [0.4, 0.5) is 20.7 Å². The van der Waals surface area contributed by atoms with Gasteiger partial charge in [0.1, 0.15) is 22.7 Å². The van der Waals surface area contributed by atoms with Crippen molar-refractivity contribution in [2.75, 3.05) is 11.1 Å². The molecule has 9 nitrogen and oxygen atoms in total. The van der Waals surface area contributed by atoms with E-state index in [9.17, 15) is 18.8 Å². The lowest BCUT2D eigenvalue weighted by molar-refractivity contribution is -0.124. The molecule has 5 N–H and O–H groups in total. The van der Waals surface area contributed by atoms with Gasteiger partial charge in [0.05, 0.1) is 10.7 Å². The highest BCUT2D eigenvalue weighted by atomic mass is 35.5. The van der Waals surface area contributed by atoms with Gasteiger partial charge in [0.2, 0.25) is 0 Å². The zero-order valence-corrected chi connectivity index (χ0v) is 18.0. The number of nitrogens with one attached hydrogen (secondary N) is 3. The highest BCUT2D eigenvalue weighted by molar-refractivity contribution is 6.31. The maximum Gasteiger partial charge on any atom is 0.322 e. The first-order valence-corrected chi connectivity index (χ1v) is 10.8. The van der Waals surface area contributed by atoms with E-state index in [1.54, 1.807) is 7.05 Å². The van der Waals surface area contributed by atoms with E-state index in [1.807, 2.05) is 0 Å². The predicted octanol–water partition coefficient (Wildman–Crippen LogP) is 2.53. The van der Waals surface area contributed by atoms with Gasteiger partial charge in [0.15, 0.2) is 0 Å². The molecular weight excluding hydrogens is 439 g/mol. The van der Waals surface area contributed by atoms with Crippen LogP contribution in [0.1, 0.15) is 47.7 Å². The Bertz CT molecular complexity index is 1150. The van der Waals surface area contributed by atoms with Crippen molar-refractivity contribution in [1.82, 2.24) is 20.4 Å². The van der Waals surface area contributed by atoms with E-state index >= 15 is 0 Å². The number of rotatable bonds is 3. The Morgan fingerprint density at radius 2 is 2.00 bits per heavy atom. The van der Waals surface area contributed by atoms with E-state index in [2.05, 4.69) is 21.0 Å². The lowest BCUT2D eigenvalue weighted by Gasteiger charge is -2.22. The number of imide groups is 1. The van der Waals surface area contributed by atoms with Crippen LogP contribution in [-0.4, -0.2) is 33.2 Å². The van der Waals surface area contributed by atoms with Crippen LogP contribution in [0.5, 0.6) is 0 Å². The lowest BCUT2D eigenvalue weighted by atomic mass is 9.89. The number of halogens is 2. The number of anilines is 2. The van der Waals surface area contributed by atoms with Gasteiger partial charge < -0.3 is 16.4 Å². The Balaban J connectivity index is 1.36. The normalized spacial score (nSPS) is 28.7. The molecule has 168 valence electrons. The number of nitrogens with two attached hydrogens (primary N) is 1. The summed E-state index contributed by atoms with van der Waals surface area (Å²) in [4.78, 5) is 37.0. The van der Waals surface area contributed by atoms with Gasteiger partial charge in [-0.05, 0) is 55.7 Å². The number of aryl methyl sites for hydroxylation is 1. The third-order valence-electron chi connectivity index (χ3n) is 6.99. The molecule has 1 spiro atoms. The number of hydrogen-bond acceptors (Lipinski definition) is 5. The number of nitrogen functional groups attached to an aromatic ring is 1. The van der Waals surface area contributed by atoms with Crippen molar-refractivity contribution in [3.63, 3.8) is 0 Å². The average Bonchev–Trinajstić information content (AvgIpc) is 3.41. The number of fused-ring (bicyclic) bond motifs is 1. The molecule has 2 saturated carbocycles. The standard InChI is InChI=1S/C21H22ClFN6O3/c1-29-17(24)15(18(30)25-12-2-3-14(23)13(22)6-12)16(28-29)9-4-10-7-21(8-11(10)5-9)19(31)26-20(32)27-21/h2-3,6,9-11H,4-5,7-8,24H2,1H3,(H,25,30)(H2,26,27,31,32). The number of carbonyl (C=O) groups is 3. The van der Waals surface area contributed by atoms with Gasteiger partial charge in [-0.25, -0.2) is 9.18 Å². The quantitative estimate of drug-likeness (QED) is 0.523. The molecule has 11 heteroatoms. The Morgan fingerprint density at radius 1 is 1.31 bits per heavy atom. The fraction of sp³-hybridized carbons (Fsp3) is 0.429. The number of amides is 4. The molecular formula is C21H22ClFN6O3. The Morgan fingerprint density at radius 3 is 2.59 bits per heavy atom. The van der Waals surface area contributed by atoms with E-state index in [0.29, 0.717) is 29.8 Å². The maximum atomic E-state index is 13.4. The van der Waals surface area contributed by atoms with Gasteiger partial charge in [-0.15, -0.1) is 0 Å². The minimum atomic E-state index is -0.817. The first-order chi connectivity index (χ1) is 15.2. The summed E-state index contributed by atoms with van der Waals surface area (Å²) in [5.41, 5.74) is 6.61. The van der Waals surface area contributed by atoms with Crippen molar-refractivity contribution >= 4 is 41.0 Å². The van der Waals surface area contributed by atoms with E-state index in [1.165, 1.54) is 22.9 Å². The number of hydrogen-bond donors (Lipinski definition) is 4. The monoisotopic (exact) mass is 460 g/mol. The van der Waals surface area contributed by atoms with Gasteiger partial charge >= 0.3 is 6.03 Å². The molecule has 5 rings (SSSR count). The Kier molecular flexibility index (Phi) is 4.66. The van der Waals surface area contributed by atoms with Crippen LogP contribution in [0, 0.1) is 17.7 Å². The molecule has 0 radical (unpaired) electrons. The van der Waals surface area contributed by atoms with Crippen molar-refractivity contribution in [3.05, 3.63) is 40.3 Å². The molecule has 1 aromatic carbocycles. The minimum absolute atomic E-state index is 0.00331. The van der Waals surface area contributed by atoms with E-state index < -0.39 is 23.3 Å². The summed E-state index contributed by atoms with van der Waals surface area (Å²) in [6.07, 6.45) is 2.64. The predicted molar refractivity (Wildman–Crippen MR) is 115 cm³/mol. The van der Waals surface area contributed by atoms with E-state index in [0.717, 1.165) is 12.8 Å². The molecule has 2 heterocycles. The largest absolute Gasteiger partial charge is 0.383 e. The highest BCUT2D eigenvalue weighted by Crippen LogP contribution is 2.54. The lowest BCUT2D eigenvalue weighted by Crippen LogP contribution is -2.44. The van der Waals surface area contributed by atoms with Gasteiger partial charge in [0, 0.05) is 18.7 Å². The first-order valence-electron chi connectivity index (χ1n) is 10.4. The molecule has 3 aliphatic rings. The molecule has 3 fully saturated rings. The zero-order chi connectivity index (χ0) is 22.8. The van der Waals surface area contributed by atoms with Gasteiger partial charge in [0.25, 0.3) is 11.8 Å². The van der Waals surface area contributed by atoms with E-state index in [-0.39, 0.29) is 34.5 Å². The summed E-state index contributed by atoms with van der Waals surface area (Å²) >= 11 is 5.82. The highest BCUT2D eigenvalue weighted by Gasteiger charge is 2.57. The molecule has 0 bridgehead atoms. The van der Waals surface area contributed by atoms with Crippen LogP contribution >= 0.6 is 11.6 Å². The van der Waals surface area contributed by atoms with Crippen LogP contribution in [0.25, 0.3) is 0 Å². The topological polar surface area (TPSA) is 131 Å². The smallest absolute Gasteiger partial charge is 0.322 e. The van der Waals surface area contributed by atoms with Gasteiger partial charge in [-0.3, -0.25) is 19.6 Å². The fourth-order valence-electron chi connectivity index (χ4n) is 5.57. The van der Waals surface area contributed by atoms with Crippen LogP contribution in [-0.2, 0) is 11.8 Å². The fourth-order valence-corrected chi connectivity index (χ4v) is 5.75. The van der Waals surface area contributed by atoms with Crippen LogP contribution in [0.15, 0.2) is 18.2 Å². The number of aromatic nitrogens is 2. The van der Waals surface area contributed by atoms with Crippen LogP contribution < -0.4 is 21.7 Å². The second-order valence-electron chi connectivity index (χ2n) is 8.94. The summed E-state index contributed by atoms with van der Waals surface area (Å²) < 4.78 is 14.9. The first kappa shape index (κ1) is 20.7. The molecule has 2 aliphatic carbocycles. The summed E-state index contributed by atoms with van der Waals surface area (Å²) in [6, 6.07) is 3.49. The second kappa shape index (κ2) is 7.19. The molecule has 2 unspecified atom stereocenters. The third-order valence-corrected chi connectivity index (χ3v) is 7.28. The molecule has 2 aromatic rings. The Labute approximate surface area is 187 Å². The SMILES string of the molecule is Cn1nc(C2CC3CC4(CC3C2)NC(=O)NC4=O)c(C(=O)Nc2ccc(F)c(Cl)c2)c1N. The number of carbonyl (C=O) groups excluding carboxylic acids is 3. The Hall–Kier alpha value is -3.14. The minimum Gasteiger partial charge on any atom is -0.383 e. The van der Waals surface area contributed by atoms with Crippen molar-refractivity contribution < 1.29 is 18.8 Å². The second-order valence-corrected chi connectivity index (χ2v) is 9.35.